The van der Waals surface area contributed by atoms with E-state index >= 15 is 0 Å². The molecule has 0 saturated heterocycles. The largest absolute Gasteiger partial charge is 0.481 e. The van der Waals surface area contributed by atoms with Gasteiger partial charge in [0.25, 0.3) is 0 Å². The molecule has 0 heterocycles. The molecule has 0 aliphatic carbocycles. The van der Waals surface area contributed by atoms with Crippen LogP contribution in [0, 0.1) is 0 Å². The van der Waals surface area contributed by atoms with Gasteiger partial charge in [-0.15, -0.1) is 11.8 Å². The molecule has 1 N–H and O–H groups in total. The molecule has 2 nitrogen and oxygen atoms in total. The molecule has 0 fully saturated rings. The number of hydrogen-bond acceptors (Lipinski definition) is 2. The highest BCUT2D eigenvalue weighted by Gasteiger charge is 2.06. The summed E-state index contributed by atoms with van der Waals surface area (Å²) in [6.07, 6.45) is 0.0668. The van der Waals surface area contributed by atoms with Gasteiger partial charge in [0, 0.05) is 15.7 Å². The second-order valence-electron chi connectivity index (χ2n) is 4.08. The number of benzene rings is 2. The predicted octanol–water partition coefficient (Wildman–Crippen LogP) is 4.26. The van der Waals surface area contributed by atoms with Crippen LogP contribution in [-0.2, 0) is 17.0 Å². The van der Waals surface area contributed by atoms with Crippen LogP contribution < -0.4 is 0 Å². The third-order valence-electron chi connectivity index (χ3n) is 2.67. The SMILES string of the molecule is O=C(O)Cc1ccccc1CSc1ccc(Cl)cc1. The number of carboxylic acid groups (broad SMARTS) is 1. The lowest BCUT2D eigenvalue weighted by molar-refractivity contribution is -0.136. The molecule has 19 heavy (non-hydrogen) atoms. The minimum absolute atomic E-state index is 0.0668. The molecule has 0 spiro atoms. The summed E-state index contributed by atoms with van der Waals surface area (Å²) < 4.78 is 0. The van der Waals surface area contributed by atoms with Crippen molar-refractivity contribution in [3.8, 4) is 0 Å². The third kappa shape index (κ3) is 4.30. The molecule has 0 radical (unpaired) electrons. The van der Waals surface area contributed by atoms with Crippen molar-refractivity contribution in [2.24, 2.45) is 0 Å². The fourth-order valence-corrected chi connectivity index (χ4v) is 2.78. The molecule has 0 saturated carbocycles. The van der Waals surface area contributed by atoms with Crippen LogP contribution in [0.3, 0.4) is 0 Å². The highest BCUT2D eigenvalue weighted by molar-refractivity contribution is 7.98. The highest BCUT2D eigenvalue weighted by Crippen LogP contribution is 2.25. The number of halogens is 1. The summed E-state index contributed by atoms with van der Waals surface area (Å²) in [4.78, 5) is 11.9. The van der Waals surface area contributed by atoms with Gasteiger partial charge < -0.3 is 5.11 Å². The molecule has 2 aromatic rings. The summed E-state index contributed by atoms with van der Waals surface area (Å²) in [5, 5.41) is 9.60. The van der Waals surface area contributed by atoms with Crippen molar-refractivity contribution in [2.45, 2.75) is 17.1 Å². The van der Waals surface area contributed by atoms with Crippen LogP contribution in [0.2, 0.25) is 5.02 Å². The van der Waals surface area contributed by atoms with Gasteiger partial charge in [0.15, 0.2) is 0 Å². The summed E-state index contributed by atoms with van der Waals surface area (Å²) in [6.45, 7) is 0. The lowest BCUT2D eigenvalue weighted by Crippen LogP contribution is -2.02. The Hall–Kier alpha value is -1.45. The van der Waals surface area contributed by atoms with E-state index in [1.54, 1.807) is 11.8 Å². The maximum atomic E-state index is 10.8. The Labute approximate surface area is 121 Å². The third-order valence-corrected chi connectivity index (χ3v) is 3.98. The Morgan fingerprint density at radius 1 is 1.05 bits per heavy atom. The van der Waals surface area contributed by atoms with Crippen LogP contribution in [-0.4, -0.2) is 11.1 Å². The zero-order valence-corrected chi connectivity index (χ0v) is 11.7. The molecule has 0 bridgehead atoms. The Kier molecular flexibility index (Phi) is 4.88. The zero-order chi connectivity index (χ0) is 13.7. The van der Waals surface area contributed by atoms with E-state index in [-0.39, 0.29) is 6.42 Å². The predicted molar refractivity (Wildman–Crippen MR) is 78.8 cm³/mol. The van der Waals surface area contributed by atoms with Gasteiger partial charge in [-0.05, 0) is 35.4 Å². The van der Waals surface area contributed by atoms with E-state index in [1.807, 2.05) is 48.5 Å². The summed E-state index contributed by atoms with van der Waals surface area (Å²) in [5.74, 6) is -0.0469. The van der Waals surface area contributed by atoms with Crippen LogP contribution >= 0.6 is 23.4 Å². The maximum Gasteiger partial charge on any atom is 0.307 e. The van der Waals surface area contributed by atoms with Crippen molar-refractivity contribution >= 4 is 29.3 Å². The molecule has 2 aromatic carbocycles. The zero-order valence-electron chi connectivity index (χ0n) is 10.2. The highest BCUT2D eigenvalue weighted by atomic mass is 35.5. The summed E-state index contributed by atoms with van der Waals surface area (Å²) in [6, 6.07) is 15.3. The van der Waals surface area contributed by atoms with E-state index in [1.165, 1.54) is 0 Å². The van der Waals surface area contributed by atoms with Crippen LogP contribution in [0.15, 0.2) is 53.4 Å². The van der Waals surface area contributed by atoms with E-state index in [4.69, 9.17) is 16.7 Å². The Bertz CT molecular complexity index is 567. The standard InChI is InChI=1S/C15H13ClO2S/c16-13-5-7-14(8-6-13)19-10-12-4-2-1-3-11(12)9-15(17)18/h1-8H,9-10H2,(H,17,18). The van der Waals surface area contributed by atoms with Gasteiger partial charge in [-0.2, -0.15) is 0 Å². The van der Waals surface area contributed by atoms with Crippen LogP contribution in [0.1, 0.15) is 11.1 Å². The van der Waals surface area contributed by atoms with Crippen LogP contribution in [0.4, 0.5) is 0 Å². The van der Waals surface area contributed by atoms with Crippen molar-refractivity contribution in [3.05, 3.63) is 64.7 Å². The minimum atomic E-state index is -0.802. The second kappa shape index (κ2) is 6.64. The topological polar surface area (TPSA) is 37.3 Å². The van der Waals surface area contributed by atoms with Gasteiger partial charge >= 0.3 is 5.97 Å². The number of rotatable bonds is 5. The van der Waals surface area contributed by atoms with Crippen molar-refractivity contribution in [2.75, 3.05) is 0 Å². The summed E-state index contributed by atoms with van der Waals surface area (Å²) >= 11 is 7.51. The Morgan fingerprint density at radius 2 is 1.68 bits per heavy atom. The Morgan fingerprint density at radius 3 is 2.32 bits per heavy atom. The molecule has 0 unspecified atom stereocenters. The number of aliphatic carboxylic acids is 1. The summed E-state index contributed by atoms with van der Waals surface area (Å²) in [7, 11) is 0. The van der Waals surface area contributed by atoms with Gasteiger partial charge in [0.05, 0.1) is 6.42 Å². The van der Waals surface area contributed by atoms with Crippen molar-refractivity contribution in [1.29, 1.82) is 0 Å². The van der Waals surface area contributed by atoms with E-state index in [2.05, 4.69) is 0 Å². The monoisotopic (exact) mass is 292 g/mol. The molecule has 4 heteroatoms. The average Bonchev–Trinajstić information content (AvgIpc) is 2.39. The van der Waals surface area contributed by atoms with Crippen LogP contribution in [0.25, 0.3) is 0 Å². The van der Waals surface area contributed by atoms with E-state index < -0.39 is 5.97 Å². The van der Waals surface area contributed by atoms with Crippen molar-refractivity contribution in [3.63, 3.8) is 0 Å². The lowest BCUT2D eigenvalue weighted by atomic mass is 10.1. The minimum Gasteiger partial charge on any atom is -0.481 e. The van der Waals surface area contributed by atoms with E-state index in [0.717, 1.165) is 26.8 Å². The Balaban J connectivity index is 2.06. The number of carbonyl (C=O) groups is 1. The molecule has 0 aromatic heterocycles. The quantitative estimate of drug-likeness (QED) is 0.837. The number of thioether (sulfide) groups is 1. The van der Waals surface area contributed by atoms with Crippen molar-refractivity contribution < 1.29 is 9.90 Å². The van der Waals surface area contributed by atoms with Crippen molar-refractivity contribution in [1.82, 2.24) is 0 Å². The fraction of sp³-hybridized carbons (Fsp3) is 0.133. The van der Waals surface area contributed by atoms with Gasteiger partial charge in [-0.1, -0.05) is 35.9 Å². The number of hydrogen-bond donors (Lipinski definition) is 1. The molecule has 2 rings (SSSR count). The van der Waals surface area contributed by atoms with Gasteiger partial charge in [-0.25, -0.2) is 0 Å². The molecule has 98 valence electrons. The second-order valence-corrected chi connectivity index (χ2v) is 5.57. The van der Waals surface area contributed by atoms with E-state index in [9.17, 15) is 4.79 Å². The first-order valence-electron chi connectivity index (χ1n) is 5.82. The maximum absolute atomic E-state index is 10.8. The first-order chi connectivity index (χ1) is 9.15. The molecular formula is C15H13ClO2S. The lowest BCUT2D eigenvalue weighted by Gasteiger charge is -2.07. The van der Waals surface area contributed by atoms with Gasteiger partial charge in [0.2, 0.25) is 0 Å². The molecule has 0 aliphatic heterocycles. The van der Waals surface area contributed by atoms with Crippen LogP contribution in [0.5, 0.6) is 0 Å². The fourth-order valence-electron chi connectivity index (χ4n) is 1.73. The first-order valence-corrected chi connectivity index (χ1v) is 7.18. The molecule has 0 amide bonds. The van der Waals surface area contributed by atoms with Gasteiger partial charge in [0.1, 0.15) is 0 Å². The average molecular weight is 293 g/mol. The molecule has 0 aliphatic rings. The molecule has 0 atom stereocenters. The molecular weight excluding hydrogens is 280 g/mol. The first kappa shape index (κ1) is 14.0. The summed E-state index contributed by atoms with van der Waals surface area (Å²) in [5.41, 5.74) is 1.93. The normalized spacial score (nSPS) is 10.4. The van der Waals surface area contributed by atoms with Gasteiger partial charge in [-0.3, -0.25) is 4.79 Å². The van der Waals surface area contributed by atoms with E-state index in [0.29, 0.717) is 0 Å². The smallest absolute Gasteiger partial charge is 0.307 e. The number of carboxylic acids is 1.